The lowest BCUT2D eigenvalue weighted by molar-refractivity contribution is -0.139. The zero-order chi connectivity index (χ0) is 19.8. The van der Waals surface area contributed by atoms with Crippen LogP contribution in [0.1, 0.15) is 24.0 Å². The minimum Gasteiger partial charge on any atom is -0.488 e. The van der Waals surface area contributed by atoms with Gasteiger partial charge in [0.1, 0.15) is 12.4 Å². The second-order valence-corrected chi connectivity index (χ2v) is 6.82. The summed E-state index contributed by atoms with van der Waals surface area (Å²) in [5, 5.41) is 29.2. The molecule has 0 radical (unpaired) electrons. The highest BCUT2D eigenvalue weighted by Crippen LogP contribution is 2.25. The fourth-order valence-corrected chi connectivity index (χ4v) is 2.86. The minimum atomic E-state index is -1.11. The monoisotopic (exact) mass is 410 g/mol. The number of benzene rings is 2. The number of hydrogen-bond acceptors (Lipinski definition) is 4. The molecule has 0 fully saturated rings. The first-order valence-corrected chi connectivity index (χ1v) is 9.02. The molecule has 5 nitrogen and oxygen atoms in total. The highest BCUT2D eigenvalue weighted by molar-refractivity contribution is 6.35. The molecular formula is C20H20Cl2O5. The molecular weight excluding hydrogens is 391 g/mol. The van der Waals surface area contributed by atoms with E-state index in [-0.39, 0.29) is 13.0 Å². The number of carboxylic acid groups (broad SMARTS) is 1. The van der Waals surface area contributed by atoms with Crippen LogP contribution in [0.3, 0.4) is 0 Å². The average molecular weight is 411 g/mol. The summed E-state index contributed by atoms with van der Waals surface area (Å²) in [6.07, 6.45) is 0.594. The van der Waals surface area contributed by atoms with E-state index in [1.165, 1.54) is 6.08 Å². The summed E-state index contributed by atoms with van der Waals surface area (Å²) < 4.78 is 5.82. The minimum absolute atomic E-state index is 0.0633. The van der Waals surface area contributed by atoms with Gasteiger partial charge < -0.3 is 20.1 Å². The van der Waals surface area contributed by atoms with E-state index < -0.39 is 24.6 Å². The highest BCUT2D eigenvalue weighted by Gasteiger charge is 2.13. The normalized spacial score (nSPS) is 13.5. The second kappa shape index (κ2) is 10.3. The van der Waals surface area contributed by atoms with Crippen molar-refractivity contribution in [3.8, 4) is 5.75 Å². The molecule has 0 aromatic heterocycles. The van der Waals surface area contributed by atoms with Crippen LogP contribution in [0.25, 0.3) is 6.08 Å². The Bertz CT molecular complexity index is 807. The van der Waals surface area contributed by atoms with Gasteiger partial charge in [0.05, 0.1) is 18.6 Å². The first-order chi connectivity index (χ1) is 12.8. The summed E-state index contributed by atoms with van der Waals surface area (Å²) in [6, 6.07) is 12.4. The van der Waals surface area contributed by atoms with Crippen LogP contribution in [-0.2, 0) is 11.4 Å². The average Bonchev–Trinajstić information content (AvgIpc) is 2.59. The molecule has 27 heavy (non-hydrogen) atoms. The van der Waals surface area contributed by atoms with E-state index in [0.29, 0.717) is 15.8 Å². The lowest BCUT2D eigenvalue weighted by Crippen LogP contribution is -2.19. The van der Waals surface area contributed by atoms with Crippen molar-refractivity contribution >= 4 is 35.2 Å². The van der Waals surface area contributed by atoms with Crippen LogP contribution in [-0.4, -0.2) is 33.5 Å². The van der Waals surface area contributed by atoms with E-state index in [0.717, 1.165) is 11.1 Å². The SMILES string of the molecule is O=C(O)CC(O)CC(O)/C=C/c1ccccc1OCc1ccc(Cl)cc1Cl. The van der Waals surface area contributed by atoms with Gasteiger partial charge in [-0.1, -0.05) is 59.6 Å². The van der Waals surface area contributed by atoms with E-state index in [4.69, 9.17) is 33.0 Å². The Labute approximate surface area is 167 Å². The Morgan fingerprint density at radius 2 is 1.89 bits per heavy atom. The van der Waals surface area contributed by atoms with Crippen molar-refractivity contribution < 1.29 is 24.9 Å². The number of rotatable bonds is 9. The first-order valence-electron chi connectivity index (χ1n) is 8.27. The van der Waals surface area contributed by atoms with Crippen LogP contribution in [0.5, 0.6) is 5.75 Å². The van der Waals surface area contributed by atoms with Crippen molar-refractivity contribution in [2.45, 2.75) is 31.7 Å². The van der Waals surface area contributed by atoms with Crippen LogP contribution in [0, 0.1) is 0 Å². The Morgan fingerprint density at radius 3 is 2.59 bits per heavy atom. The molecule has 0 aliphatic heterocycles. The number of carboxylic acids is 1. The van der Waals surface area contributed by atoms with Gasteiger partial charge >= 0.3 is 5.97 Å². The van der Waals surface area contributed by atoms with Crippen LogP contribution >= 0.6 is 23.2 Å². The number of aliphatic hydroxyl groups is 2. The van der Waals surface area contributed by atoms with E-state index in [1.54, 1.807) is 30.3 Å². The molecule has 0 amide bonds. The maximum atomic E-state index is 10.6. The zero-order valence-electron chi connectivity index (χ0n) is 14.4. The summed E-state index contributed by atoms with van der Waals surface area (Å²) in [5.41, 5.74) is 1.52. The van der Waals surface area contributed by atoms with Crippen LogP contribution in [0.2, 0.25) is 10.0 Å². The predicted octanol–water partition coefficient (Wildman–Crippen LogP) is 4.17. The molecule has 2 aromatic carbocycles. The van der Waals surface area contributed by atoms with Crippen molar-refractivity contribution in [3.05, 3.63) is 69.7 Å². The molecule has 2 unspecified atom stereocenters. The molecule has 3 N–H and O–H groups in total. The maximum absolute atomic E-state index is 10.6. The molecule has 2 rings (SSSR count). The molecule has 0 spiro atoms. The van der Waals surface area contributed by atoms with Crippen LogP contribution in [0.15, 0.2) is 48.5 Å². The number of halogens is 2. The van der Waals surface area contributed by atoms with Crippen molar-refractivity contribution in [1.29, 1.82) is 0 Å². The van der Waals surface area contributed by atoms with E-state index in [9.17, 15) is 15.0 Å². The van der Waals surface area contributed by atoms with Crippen LogP contribution in [0.4, 0.5) is 0 Å². The van der Waals surface area contributed by atoms with Crippen molar-refractivity contribution in [2.75, 3.05) is 0 Å². The van der Waals surface area contributed by atoms with Gasteiger partial charge in [0, 0.05) is 27.6 Å². The van der Waals surface area contributed by atoms with Crippen molar-refractivity contribution in [2.24, 2.45) is 0 Å². The number of ether oxygens (including phenoxy) is 1. The Hall–Kier alpha value is -2.05. The number of hydrogen-bond donors (Lipinski definition) is 3. The predicted molar refractivity (Wildman–Crippen MR) is 105 cm³/mol. The maximum Gasteiger partial charge on any atom is 0.305 e. The zero-order valence-corrected chi connectivity index (χ0v) is 15.9. The highest BCUT2D eigenvalue weighted by atomic mass is 35.5. The standard InChI is InChI=1S/C20H20Cl2O5/c21-15-7-5-14(18(22)9-15)12-27-19-4-2-1-3-13(19)6-8-16(23)10-17(24)11-20(25)26/h1-9,16-17,23-24H,10-12H2,(H,25,26)/b8-6+. The first kappa shape index (κ1) is 21.3. The Balaban J connectivity index is 2.01. The molecule has 0 heterocycles. The number of carbonyl (C=O) groups is 1. The van der Waals surface area contributed by atoms with Gasteiger partial charge in [-0.15, -0.1) is 0 Å². The van der Waals surface area contributed by atoms with Crippen LogP contribution < -0.4 is 4.74 Å². The van der Waals surface area contributed by atoms with Gasteiger partial charge in [0.2, 0.25) is 0 Å². The van der Waals surface area contributed by atoms with Gasteiger partial charge in [0.25, 0.3) is 0 Å². The summed E-state index contributed by atoms with van der Waals surface area (Å²) >= 11 is 12.0. The summed E-state index contributed by atoms with van der Waals surface area (Å²) in [6.45, 7) is 0.251. The van der Waals surface area contributed by atoms with Gasteiger partial charge in [-0.05, 0) is 18.2 Å². The summed E-state index contributed by atoms with van der Waals surface area (Å²) in [7, 11) is 0. The fourth-order valence-electron chi connectivity index (χ4n) is 2.40. The molecule has 0 saturated carbocycles. The Kier molecular flexibility index (Phi) is 8.13. The quantitative estimate of drug-likeness (QED) is 0.577. The number of para-hydroxylation sites is 1. The lowest BCUT2D eigenvalue weighted by atomic mass is 10.1. The molecule has 0 bridgehead atoms. The topological polar surface area (TPSA) is 87.0 Å². The van der Waals surface area contributed by atoms with Crippen molar-refractivity contribution in [3.63, 3.8) is 0 Å². The third-order valence-electron chi connectivity index (χ3n) is 3.74. The van der Waals surface area contributed by atoms with Gasteiger partial charge in [-0.25, -0.2) is 0 Å². The third-order valence-corrected chi connectivity index (χ3v) is 4.33. The molecule has 7 heteroatoms. The third kappa shape index (κ3) is 7.23. The molecule has 144 valence electrons. The molecule has 0 saturated heterocycles. The lowest BCUT2D eigenvalue weighted by Gasteiger charge is -2.12. The smallest absolute Gasteiger partial charge is 0.305 e. The van der Waals surface area contributed by atoms with Crippen molar-refractivity contribution in [1.82, 2.24) is 0 Å². The molecule has 0 aliphatic carbocycles. The molecule has 2 aromatic rings. The number of aliphatic carboxylic acids is 1. The number of aliphatic hydroxyl groups excluding tert-OH is 2. The van der Waals surface area contributed by atoms with E-state index in [1.807, 2.05) is 18.2 Å². The fraction of sp³-hybridized carbons (Fsp3) is 0.250. The molecule has 0 aliphatic rings. The Morgan fingerprint density at radius 1 is 1.15 bits per heavy atom. The summed E-state index contributed by atoms with van der Waals surface area (Å²) in [4.78, 5) is 10.6. The largest absolute Gasteiger partial charge is 0.488 e. The second-order valence-electron chi connectivity index (χ2n) is 5.98. The summed E-state index contributed by atoms with van der Waals surface area (Å²) in [5.74, 6) is -0.517. The van der Waals surface area contributed by atoms with Gasteiger partial charge in [0.15, 0.2) is 0 Å². The van der Waals surface area contributed by atoms with E-state index in [2.05, 4.69) is 0 Å². The van der Waals surface area contributed by atoms with Gasteiger partial charge in [-0.3, -0.25) is 4.79 Å². The molecule has 2 atom stereocenters. The van der Waals surface area contributed by atoms with Gasteiger partial charge in [-0.2, -0.15) is 0 Å². The van der Waals surface area contributed by atoms with E-state index >= 15 is 0 Å².